The summed E-state index contributed by atoms with van der Waals surface area (Å²) in [5, 5.41) is 7.77. The summed E-state index contributed by atoms with van der Waals surface area (Å²) in [5.74, 6) is 3.16. The van der Waals surface area contributed by atoms with Crippen LogP contribution in [0.5, 0.6) is 0 Å². The molecule has 2 saturated heterocycles. The molecule has 1 aromatic heterocycles. The Bertz CT molecular complexity index is 440. The van der Waals surface area contributed by atoms with Crippen LogP contribution in [-0.2, 0) is 0 Å². The van der Waals surface area contributed by atoms with E-state index in [9.17, 15) is 0 Å². The molecule has 4 rings (SSSR count). The van der Waals surface area contributed by atoms with Crippen molar-refractivity contribution in [2.45, 2.75) is 44.6 Å². The van der Waals surface area contributed by atoms with Crippen molar-refractivity contribution in [1.82, 2.24) is 15.5 Å². The Morgan fingerprint density at radius 2 is 2.00 bits per heavy atom. The molecule has 0 aromatic carbocycles. The van der Waals surface area contributed by atoms with Crippen LogP contribution in [0, 0.1) is 11.8 Å². The molecule has 0 bridgehead atoms. The highest BCUT2D eigenvalue weighted by molar-refractivity contribution is 5.28. The lowest BCUT2D eigenvalue weighted by Crippen LogP contribution is -2.30. The van der Waals surface area contributed by atoms with Crippen LogP contribution < -0.4 is 10.2 Å². The third kappa shape index (κ3) is 2.04. The van der Waals surface area contributed by atoms with Gasteiger partial charge in [-0.2, -0.15) is 4.98 Å². The molecule has 3 fully saturated rings. The number of hydrogen-bond donors (Lipinski definition) is 1. The first-order valence-electron chi connectivity index (χ1n) is 7.74. The van der Waals surface area contributed by atoms with E-state index in [2.05, 4.69) is 20.4 Å². The fraction of sp³-hybridized carbons (Fsp3) is 0.857. The van der Waals surface area contributed by atoms with Crippen molar-refractivity contribution >= 4 is 5.95 Å². The molecule has 1 aliphatic carbocycles. The minimum atomic E-state index is 0.304. The first kappa shape index (κ1) is 11.7. The van der Waals surface area contributed by atoms with Crippen LogP contribution in [0.3, 0.4) is 0 Å². The van der Waals surface area contributed by atoms with Crippen molar-refractivity contribution in [3.63, 3.8) is 0 Å². The molecule has 1 N–H and O–H groups in total. The highest BCUT2D eigenvalue weighted by Gasteiger charge is 2.42. The van der Waals surface area contributed by atoms with Gasteiger partial charge >= 0.3 is 0 Å². The topological polar surface area (TPSA) is 54.2 Å². The Morgan fingerprint density at radius 1 is 1.11 bits per heavy atom. The van der Waals surface area contributed by atoms with Crippen LogP contribution in [0.1, 0.15) is 50.5 Å². The van der Waals surface area contributed by atoms with Crippen LogP contribution in [0.25, 0.3) is 0 Å². The van der Waals surface area contributed by atoms with E-state index in [0.717, 1.165) is 43.3 Å². The van der Waals surface area contributed by atoms with Gasteiger partial charge in [0.1, 0.15) is 0 Å². The Balaban J connectivity index is 1.51. The number of fused-ring (bicyclic) bond motifs is 1. The third-order valence-corrected chi connectivity index (χ3v) is 5.08. The molecule has 1 aromatic rings. The largest absolute Gasteiger partial charge is 0.338 e. The summed E-state index contributed by atoms with van der Waals surface area (Å²) in [6.45, 7) is 3.27. The fourth-order valence-corrected chi connectivity index (χ4v) is 4.03. The third-order valence-electron chi connectivity index (χ3n) is 5.08. The summed E-state index contributed by atoms with van der Waals surface area (Å²) in [5.41, 5.74) is 0. The maximum absolute atomic E-state index is 5.54. The predicted molar refractivity (Wildman–Crippen MR) is 71.9 cm³/mol. The second-order valence-electron chi connectivity index (χ2n) is 6.22. The van der Waals surface area contributed by atoms with Gasteiger partial charge in [0.15, 0.2) is 0 Å². The molecule has 3 aliphatic rings. The molecular weight excluding hydrogens is 240 g/mol. The summed E-state index contributed by atoms with van der Waals surface area (Å²) in [6, 6.07) is 0.304. The summed E-state index contributed by atoms with van der Waals surface area (Å²) in [4.78, 5) is 6.92. The van der Waals surface area contributed by atoms with E-state index < -0.39 is 0 Å². The maximum Gasteiger partial charge on any atom is 0.266 e. The zero-order valence-electron chi connectivity index (χ0n) is 11.3. The minimum Gasteiger partial charge on any atom is -0.338 e. The molecule has 3 heterocycles. The Labute approximate surface area is 113 Å². The van der Waals surface area contributed by atoms with Crippen LogP contribution in [0.4, 0.5) is 5.95 Å². The smallest absolute Gasteiger partial charge is 0.266 e. The molecule has 1 saturated carbocycles. The molecule has 2 aliphatic heterocycles. The molecule has 104 valence electrons. The zero-order chi connectivity index (χ0) is 12.7. The fourth-order valence-electron chi connectivity index (χ4n) is 4.03. The van der Waals surface area contributed by atoms with E-state index in [1.54, 1.807) is 0 Å². The molecule has 5 nitrogen and oxygen atoms in total. The Kier molecular flexibility index (Phi) is 2.94. The summed E-state index contributed by atoms with van der Waals surface area (Å²) in [7, 11) is 0. The van der Waals surface area contributed by atoms with Gasteiger partial charge in [-0.3, -0.25) is 0 Å². The maximum atomic E-state index is 5.54. The number of aromatic nitrogens is 2. The number of rotatable bonds is 2. The first-order valence-corrected chi connectivity index (χ1v) is 7.74. The molecule has 3 atom stereocenters. The first-order chi connectivity index (χ1) is 9.42. The molecule has 5 heteroatoms. The monoisotopic (exact) mass is 262 g/mol. The van der Waals surface area contributed by atoms with Crippen LogP contribution >= 0.6 is 0 Å². The van der Waals surface area contributed by atoms with Gasteiger partial charge in [-0.05, 0) is 55.6 Å². The average Bonchev–Trinajstić information content (AvgIpc) is 3.15. The molecular formula is C14H22N4O. The predicted octanol–water partition coefficient (Wildman–Crippen LogP) is 2.12. The van der Waals surface area contributed by atoms with Gasteiger partial charge in [0.2, 0.25) is 5.89 Å². The van der Waals surface area contributed by atoms with E-state index in [1.807, 2.05) is 0 Å². The second kappa shape index (κ2) is 4.78. The van der Waals surface area contributed by atoms with Crippen LogP contribution in [0.15, 0.2) is 4.52 Å². The van der Waals surface area contributed by atoms with Crippen LogP contribution in [-0.4, -0.2) is 29.8 Å². The number of nitrogens with one attached hydrogen (secondary N) is 1. The summed E-state index contributed by atoms with van der Waals surface area (Å²) >= 11 is 0. The van der Waals surface area contributed by atoms with Crippen molar-refractivity contribution in [2.75, 3.05) is 24.5 Å². The lowest BCUT2D eigenvalue weighted by Gasteiger charge is -2.24. The lowest BCUT2D eigenvalue weighted by molar-refractivity contribution is 0.302. The van der Waals surface area contributed by atoms with Gasteiger partial charge < -0.3 is 14.7 Å². The minimum absolute atomic E-state index is 0.304. The zero-order valence-corrected chi connectivity index (χ0v) is 11.3. The SMILES string of the molecule is C1CCN(c2noc(C3NCC4CCCC43)n2)CC1. The molecule has 0 radical (unpaired) electrons. The normalized spacial score (nSPS) is 34.7. The van der Waals surface area contributed by atoms with Gasteiger partial charge in [0, 0.05) is 13.1 Å². The summed E-state index contributed by atoms with van der Waals surface area (Å²) < 4.78 is 5.54. The summed E-state index contributed by atoms with van der Waals surface area (Å²) in [6.07, 6.45) is 7.85. The number of nitrogens with zero attached hydrogens (tertiary/aromatic N) is 3. The molecule has 0 amide bonds. The van der Waals surface area contributed by atoms with E-state index in [-0.39, 0.29) is 0 Å². The molecule has 3 unspecified atom stereocenters. The quantitative estimate of drug-likeness (QED) is 0.884. The number of anilines is 1. The lowest BCUT2D eigenvalue weighted by atomic mass is 9.94. The highest BCUT2D eigenvalue weighted by Crippen LogP contribution is 2.44. The number of hydrogen-bond acceptors (Lipinski definition) is 5. The Morgan fingerprint density at radius 3 is 2.89 bits per heavy atom. The number of piperidine rings is 1. The van der Waals surface area contributed by atoms with Crippen molar-refractivity contribution in [3.8, 4) is 0 Å². The second-order valence-corrected chi connectivity index (χ2v) is 6.22. The van der Waals surface area contributed by atoms with Crippen molar-refractivity contribution in [2.24, 2.45) is 11.8 Å². The van der Waals surface area contributed by atoms with Crippen molar-refractivity contribution < 1.29 is 4.52 Å². The highest BCUT2D eigenvalue weighted by atomic mass is 16.5. The Hall–Kier alpha value is -1.10. The van der Waals surface area contributed by atoms with E-state index >= 15 is 0 Å². The average molecular weight is 262 g/mol. The van der Waals surface area contributed by atoms with Crippen molar-refractivity contribution in [3.05, 3.63) is 5.89 Å². The molecule has 19 heavy (non-hydrogen) atoms. The van der Waals surface area contributed by atoms with Gasteiger partial charge in [-0.1, -0.05) is 6.42 Å². The van der Waals surface area contributed by atoms with Gasteiger partial charge in [-0.15, -0.1) is 0 Å². The van der Waals surface area contributed by atoms with Crippen molar-refractivity contribution in [1.29, 1.82) is 0 Å². The van der Waals surface area contributed by atoms with Gasteiger partial charge in [0.05, 0.1) is 6.04 Å². The molecule has 0 spiro atoms. The van der Waals surface area contributed by atoms with E-state index in [1.165, 1.54) is 38.5 Å². The van der Waals surface area contributed by atoms with Gasteiger partial charge in [0.25, 0.3) is 5.95 Å². The van der Waals surface area contributed by atoms with E-state index in [4.69, 9.17) is 4.52 Å². The standard InChI is InChI=1S/C14H22N4O/c1-2-7-18(8-3-1)14-16-13(19-17-14)12-11-6-4-5-10(11)9-15-12/h10-12,15H,1-9H2. The van der Waals surface area contributed by atoms with Gasteiger partial charge in [-0.25, -0.2) is 0 Å². The van der Waals surface area contributed by atoms with E-state index in [0.29, 0.717) is 6.04 Å². The van der Waals surface area contributed by atoms with Crippen LogP contribution in [0.2, 0.25) is 0 Å².